The van der Waals surface area contributed by atoms with E-state index in [0.717, 1.165) is 55.9 Å². The summed E-state index contributed by atoms with van der Waals surface area (Å²) in [6.07, 6.45) is 2.18. The van der Waals surface area contributed by atoms with Gasteiger partial charge in [-0.2, -0.15) is 11.8 Å². The fourth-order valence-corrected chi connectivity index (χ4v) is 4.04. The summed E-state index contributed by atoms with van der Waals surface area (Å²) in [5.41, 5.74) is 1.18. The van der Waals surface area contributed by atoms with Gasteiger partial charge in [0.15, 0.2) is 5.96 Å². The average Bonchev–Trinajstić information content (AvgIpc) is 2.58. The lowest BCUT2D eigenvalue weighted by Gasteiger charge is -2.37. The standard InChI is InChI=1S/C17H26ClN3OS.HI/c1-3-23-17(8-10-22-11-9-17)13-21-16(19-2)20-12-14-4-6-15(18)7-5-14;/h4-7H,3,8-13H2,1-2H3,(H2,19,20,21);1H. The van der Waals surface area contributed by atoms with E-state index in [-0.39, 0.29) is 28.7 Å². The van der Waals surface area contributed by atoms with E-state index < -0.39 is 0 Å². The van der Waals surface area contributed by atoms with E-state index >= 15 is 0 Å². The van der Waals surface area contributed by atoms with Crippen LogP contribution in [-0.2, 0) is 11.3 Å². The first kappa shape index (κ1) is 21.9. The van der Waals surface area contributed by atoms with Crippen LogP contribution in [0.5, 0.6) is 0 Å². The molecule has 4 nitrogen and oxygen atoms in total. The first-order chi connectivity index (χ1) is 11.2. The van der Waals surface area contributed by atoms with Gasteiger partial charge in [0.05, 0.1) is 0 Å². The third-order valence-corrected chi connectivity index (χ3v) is 5.73. The maximum Gasteiger partial charge on any atom is 0.191 e. The maximum absolute atomic E-state index is 5.91. The lowest BCUT2D eigenvalue weighted by Crippen LogP contribution is -2.48. The summed E-state index contributed by atoms with van der Waals surface area (Å²) in [5, 5.41) is 7.60. The lowest BCUT2D eigenvalue weighted by molar-refractivity contribution is 0.0782. The molecule has 0 unspecified atom stereocenters. The minimum absolute atomic E-state index is 0. The van der Waals surface area contributed by atoms with Crippen molar-refractivity contribution in [1.82, 2.24) is 10.6 Å². The topological polar surface area (TPSA) is 45.7 Å². The largest absolute Gasteiger partial charge is 0.381 e. The van der Waals surface area contributed by atoms with E-state index in [1.54, 1.807) is 7.05 Å². The number of nitrogens with one attached hydrogen (secondary N) is 2. The minimum Gasteiger partial charge on any atom is -0.381 e. The van der Waals surface area contributed by atoms with Crippen LogP contribution in [-0.4, -0.2) is 43.3 Å². The van der Waals surface area contributed by atoms with Gasteiger partial charge in [-0.25, -0.2) is 0 Å². The predicted molar refractivity (Wildman–Crippen MR) is 116 cm³/mol. The van der Waals surface area contributed by atoms with Gasteiger partial charge < -0.3 is 15.4 Å². The lowest BCUT2D eigenvalue weighted by atomic mass is 9.99. The summed E-state index contributed by atoms with van der Waals surface area (Å²) in [6, 6.07) is 7.86. The Morgan fingerprint density at radius 1 is 1.25 bits per heavy atom. The number of halogens is 2. The van der Waals surface area contributed by atoms with Crippen LogP contribution >= 0.6 is 47.3 Å². The SMILES string of the molecule is CCSC1(CNC(=NC)NCc2ccc(Cl)cc2)CCOCC1.I. The molecule has 1 fully saturated rings. The number of thioether (sulfide) groups is 1. The summed E-state index contributed by atoms with van der Waals surface area (Å²) in [6.45, 7) is 5.56. The highest BCUT2D eigenvalue weighted by Gasteiger charge is 2.32. The smallest absolute Gasteiger partial charge is 0.191 e. The Morgan fingerprint density at radius 3 is 2.50 bits per heavy atom. The van der Waals surface area contributed by atoms with E-state index in [1.807, 2.05) is 36.0 Å². The van der Waals surface area contributed by atoms with Crippen LogP contribution in [0.1, 0.15) is 25.3 Å². The predicted octanol–water partition coefficient (Wildman–Crippen LogP) is 3.93. The van der Waals surface area contributed by atoms with Crippen LogP contribution in [0.25, 0.3) is 0 Å². The minimum atomic E-state index is 0. The van der Waals surface area contributed by atoms with E-state index in [0.29, 0.717) is 0 Å². The van der Waals surface area contributed by atoms with Gasteiger partial charge in [-0.3, -0.25) is 4.99 Å². The maximum atomic E-state index is 5.91. The average molecular weight is 484 g/mol. The molecule has 1 aromatic carbocycles. The fraction of sp³-hybridized carbons (Fsp3) is 0.588. The number of ether oxygens (including phenoxy) is 1. The summed E-state index contributed by atoms with van der Waals surface area (Å²) >= 11 is 7.94. The Balaban J connectivity index is 0.00000288. The Labute approximate surface area is 171 Å². The third kappa shape index (κ3) is 6.98. The van der Waals surface area contributed by atoms with Crippen molar-refractivity contribution in [3.8, 4) is 0 Å². The molecule has 0 spiro atoms. The van der Waals surface area contributed by atoms with Crippen molar-refractivity contribution in [3.05, 3.63) is 34.9 Å². The van der Waals surface area contributed by atoms with Crippen LogP contribution in [0.4, 0.5) is 0 Å². The van der Waals surface area contributed by atoms with Crippen molar-refractivity contribution in [2.75, 3.05) is 32.6 Å². The van der Waals surface area contributed by atoms with Gasteiger partial charge in [-0.15, -0.1) is 24.0 Å². The van der Waals surface area contributed by atoms with Gasteiger partial charge in [0.2, 0.25) is 0 Å². The molecule has 0 bridgehead atoms. The molecule has 1 aliphatic heterocycles. The summed E-state index contributed by atoms with van der Waals surface area (Å²) < 4.78 is 5.78. The summed E-state index contributed by atoms with van der Waals surface area (Å²) in [5.74, 6) is 1.96. The molecule has 1 aromatic rings. The number of rotatable bonds is 6. The number of aliphatic imine (C=N–C) groups is 1. The quantitative estimate of drug-likeness (QED) is 0.366. The third-order valence-electron chi connectivity index (χ3n) is 4.03. The molecule has 1 aliphatic rings. The Bertz CT molecular complexity index is 502. The highest BCUT2D eigenvalue weighted by atomic mass is 127. The molecular formula is C17H27ClIN3OS. The monoisotopic (exact) mass is 483 g/mol. The molecule has 24 heavy (non-hydrogen) atoms. The molecule has 2 rings (SSSR count). The van der Waals surface area contributed by atoms with Crippen molar-refractivity contribution in [2.45, 2.75) is 31.1 Å². The van der Waals surface area contributed by atoms with Crippen molar-refractivity contribution in [3.63, 3.8) is 0 Å². The molecule has 2 N–H and O–H groups in total. The second-order valence-corrected chi connectivity index (χ2v) is 7.80. The second kappa shape index (κ2) is 11.4. The van der Waals surface area contributed by atoms with Gasteiger partial charge in [-0.1, -0.05) is 30.7 Å². The molecule has 0 aliphatic carbocycles. The zero-order valence-corrected chi connectivity index (χ0v) is 18.2. The summed E-state index contributed by atoms with van der Waals surface area (Å²) in [7, 11) is 1.81. The molecule has 0 saturated carbocycles. The van der Waals surface area contributed by atoms with E-state index in [4.69, 9.17) is 16.3 Å². The molecule has 0 aromatic heterocycles. The first-order valence-corrected chi connectivity index (χ1v) is 9.44. The van der Waals surface area contributed by atoms with Crippen molar-refractivity contribution in [2.24, 2.45) is 4.99 Å². The number of benzene rings is 1. The van der Waals surface area contributed by atoms with Gasteiger partial charge >= 0.3 is 0 Å². The zero-order valence-electron chi connectivity index (χ0n) is 14.3. The number of guanidine groups is 1. The Kier molecular flexibility index (Phi) is 10.4. The molecule has 136 valence electrons. The van der Waals surface area contributed by atoms with Gasteiger partial charge in [0.1, 0.15) is 0 Å². The fourth-order valence-electron chi connectivity index (χ4n) is 2.68. The molecule has 0 atom stereocenters. The molecule has 1 saturated heterocycles. The van der Waals surface area contributed by atoms with Crippen molar-refractivity contribution < 1.29 is 4.74 Å². The van der Waals surface area contributed by atoms with Crippen LogP contribution in [0.15, 0.2) is 29.3 Å². The zero-order chi connectivity index (χ0) is 16.5. The molecule has 0 amide bonds. The van der Waals surface area contributed by atoms with Crippen molar-refractivity contribution in [1.29, 1.82) is 0 Å². The molecular weight excluding hydrogens is 457 g/mol. The highest BCUT2D eigenvalue weighted by Crippen LogP contribution is 2.34. The molecule has 7 heteroatoms. The number of nitrogens with zero attached hydrogens (tertiary/aromatic N) is 1. The van der Waals surface area contributed by atoms with Gasteiger partial charge in [0, 0.05) is 43.1 Å². The van der Waals surface area contributed by atoms with Crippen LogP contribution in [0.2, 0.25) is 5.02 Å². The van der Waals surface area contributed by atoms with Crippen LogP contribution in [0.3, 0.4) is 0 Å². The number of hydrogen-bond donors (Lipinski definition) is 2. The van der Waals surface area contributed by atoms with Gasteiger partial charge in [-0.05, 0) is 36.3 Å². The van der Waals surface area contributed by atoms with E-state index in [1.165, 1.54) is 5.56 Å². The Morgan fingerprint density at radius 2 is 1.92 bits per heavy atom. The second-order valence-electron chi connectivity index (χ2n) is 5.63. The summed E-state index contributed by atoms with van der Waals surface area (Å²) in [4.78, 5) is 4.32. The number of hydrogen-bond acceptors (Lipinski definition) is 3. The van der Waals surface area contributed by atoms with Crippen molar-refractivity contribution >= 4 is 53.3 Å². The van der Waals surface area contributed by atoms with Crippen LogP contribution in [0, 0.1) is 0 Å². The van der Waals surface area contributed by atoms with E-state index in [9.17, 15) is 0 Å². The van der Waals surface area contributed by atoms with Gasteiger partial charge in [0.25, 0.3) is 0 Å². The van der Waals surface area contributed by atoms with E-state index in [2.05, 4.69) is 22.5 Å². The normalized spacial score (nSPS) is 17.0. The van der Waals surface area contributed by atoms with Crippen LogP contribution < -0.4 is 10.6 Å². The molecule has 1 heterocycles. The highest BCUT2D eigenvalue weighted by molar-refractivity contribution is 14.0. The Hall–Kier alpha value is -0.180. The molecule has 0 radical (unpaired) electrons. The first-order valence-electron chi connectivity index (χ1n) is 8.08.